The lowest BCUT2D eigenvalue weighted by Gasteiger charge is -2.10. The summed E-state index contributed by atoms with van der Waals surface area (Å²) in [5, 5.41) is 0.950. The quantitative estimate of drug-likeness (QED) is 0.590. The molecule has 0 radical (unpaired) electrons. The number of ether oxygens (including phenoxy) is 1. The maximum absolute atomic E-state index is 11.8. The lowest BCUT2D eigenvalue weighted by atomic mass is 9.99. The number of rotatable bonds is 6. The highest BCUT2D eigenvalue weighted by molar-refractivity contribution is 9.09. The van der Waals surface area contributed by atoms with Gasteiger partial charge in [0.25, 0.3) is 0 Å². The number of hydrogen-bond acceptors (Lipinski definition) is 2. The highest BCUT2D eigenvalue weighted by atomic mass is 79.9. The van der Waals surface area contributed by atoms with Gasteiger partial charge in [0.15, 0.2) is 0 Å². The Morgan fingerprint density at radius 1 is 1.35 bits per heavy atom. The van der Waals surface area contributed by atoms with Crippen molar-refractivity contribution < 1.29 is 9.53 Å². The number of halogens is 1. The van der Waals surface area contributed by atoms with Crippen LogP contribution in [-0.2, 0) is 17.6 Å². The maximum Gasteiger partial charge on any atom is 0.338 e. The van der Waals surface area contributed by atoms with Gasteiger partial charge >= 0.3 is 5.97 Å². The molecule has 1 aromatic carbocycles. The van der Waals surface area contributed by atoms with Crippen LogP contribution in [0.3, 0.4) is 0 Å². The van der Waals surface area contributed by atoms with Crippen molar-refractivity contribution in [3.63, 3.8) is 0 Å². The molecule has 0 aliphatic rings. The average molecular weight is 299 g/mol. The lowest BCUT2D eigenvalue weighted by molar-refractivity contribution is 0.0525. The van der Waals surface area contributed by atoms with E-state index >= 15 is 0 Å². The van der Waals surface area contributed by atoms with Crippen LogP contribution in [0.1, 0.15) is 41.8 Å². The van der Waals surface area contributed by atoms with E-state index in [-0.39, 0.29) is 5.97 Å². The number of carbonyl (C=O) groups is 1. The zero-order valence-corrected chi connectivity index (χ0v) is 12.0. The molecule has 17 heavy (non-hydrogen) atoms. The molecule has 0 bridgehead atoms. The number of hydrogen-bond donors (Lipinski definition) is 0. The van der Waals surface area contributed by atoms with Crippen LogP contribution in [0.15, 0.2) is 18.2 Å². The van der Waals surface area contributed by atoms with E-state index in [1.807, 2.05) is 19.1 Å². The molecule has 0 aliphatic carbocycles. The molecule has 0 spiro atoms. The third-order valence-corrected chi connectivity index (χ3v) is 3.21. The maximum atomic E-state index is 11.8. The van der Waals surface area contributed by atoms with Crippen LogP contribution in [0.4, 0.5) is 0 Å². The standard InChI is InChI=1S/C14H19BrO2/c1-3-11-7-8-13(14(16)17-4-2)12(10-11)6-5-9-15/h7-8,10H,3-6,9H2,1-2H3. The molecule has 0 atom stereocenters. The summed E-state index contributed by atoms with van der Waals surface area (Å²) in [6.45, 7) is 4.37. The molecule has 0 saturated carbocycles. The Balaban J connectivity index is 2.97. The summed E-state index contributed by atoms with van der Waals surface area (Å²) >= 11 is 3.42. The molecule has 0 fully saturated rings. The van der Waals surface area contributed by atoms with E-state index in [1.165, 1.54) is 5.56 Å². The fraction of sp³-hybridized carbons (Fsp3) is 0.500. The highest BCUT2D eigenvalue weighted by Gasteiger charge is 2.12. The van der Waals surface area contributed by atoms with E-state index in [0.29, 0.717) is 12.2 Å². The smallest absolute Gasteiger partial charge is 0.338 e. The molecule has 1 rings (SSSR count). The number of benzene rings is 1. The lowest BCUT2D eigenvalue weighted by Crippen LogP contribution is -2.09. The van der Waals surface area contributed by atoms with Crippen molar-refractivity contribution in [1.29, 1.82) is 0 Å². The molecular weight excluding hydrogens is 280 g/mol. The first-order valence-electron chi connectivity index (χ1n) is 6.07. The van der Waals surface area contributed by atoms with Gasteiger partial charge in [0, 0.05) is 5.33 Å². The fourth-order valence-corrected chi connectivity index (χ4v) is 2.02. The second kappa shape index (κ2) is 7.49. The zero-order chi connectivity index (χ0) is 12.7. The number of carbonyl (C=O) groups excluding carboxylic acids is 1. The Morgan fingerprint density at radius 2 is 2.12 bits per heavy atom. The monoisotopic (exact) mass is 298 g/mol. The second-order valence-corrected chi connectivity index (χ2v) is 4.65. The molecule has 0 saturated heterocycles. The summed E-state index contributed by atoms with van der Waals surface area (Å²) in [6, 6.07) is 6.01. The van der Waals surface area contributed by atoms with Crippen LogP contribution in [0, 0.1) is 0 Å². The molecule has 0 unspecified atom stereocenters. The summed E-state index contributed by atoms with van der Waals surface area (Å²) in [4.78, 5) is 11.8. The predicted molar refractivity (Wildman–Crippen MR) is 73.9 cm³/mol. The Kier molecular flexibility index (Phi) is 6.27. The van der Waals surface area contributed by atoms with Crippen molar-refractivity contribution in [1.82, 2.24) is 0 Å². The van der Waals surface area contributed by atoms with Crippen molar-refractivity contribution in [2.45, 2.75) is 33.1 Å². The summed E-state index contributed by atoms with van der Waals surface area (Å²) in [6.07, 6.45) is 2.93. The van der Waals surface area contributed by atoms with Crippen molar-refractivity contribution >= 4 is 21.9 Å². The Bertz CT molecular complexity index is 374. The van der Waals surface area contributed by atoms with Crippen LogP contribution in [0.25, 0.3) is 0 Å². The first-order valence-corrected chi connectivity index (χ1v) is 7.20. The van der Waals surface area contributed by atoms with E-state index in [9.17, 15) is 4.79 Å². The van der Waals surface area contributed by atoms with E-state index in [0.717, 1.165) is 30.2 Å². The van der Waals surface area contributed by atoms with Gasteiger partial charge in [-0.1, -0.05) is 35.0 Å². The van der Waals surface area contributed by atoms with Crippen LogP contribution in [0.2, 0.25) is 0 Å². The van der Waals surface area contributed by atoms with Gasteiger partial charge in [-0.2, -0.15) is 0 Å². The van der Waals surface area contributed by atoms with Gasteiger partial charge in [-0.3, -0.25) is 0 Å². The second-order valence-electron chi connectivity index (χ2n) is 3.86. The average Bonchev–Trinajstić information content (AvgIpc) is 2.36. The molecule has 2 nitrogen and oxygen atoms in total. The molecule has 94 valence electrons. The normalized spacial score (nSPS) is 10.3. The first-order chi connectivity index (χ1) is 8.22. The van der Waals surface area contributed by atoms with Gasteiger partial charge in [0.1, 0.15) is 0 Å². The largest absolute Gasteiger partial charge is 0.462 e. The highest BCUT2D eigenvalue weighted by Crippen LogP contribution is 2.16. The summed E-state index contributed by atoms with van der Waals surface area (Å²) in [7, 11) is 0. The van der Waals surface area contributed by atoms with Gasteiger partial charge in [0.2, 0.25) is 0 Å². The Morgan fingerprint density at radius 3 is 2.71 bits per heavy atom. The Hall–Kier alpha value is -0.830. The third-order valence-electron chi connectivity index (χ3n) is 2.65. The first kappa shape index (κ1) is 14.2. The van der Waals surface area contributed by atoms with Gasteiger partial charge in [-0.15, -0.1) is 0 Å². The minimum atomic E-state index is -0.209. The van der Waals surface area contributed by atoms with Crippen molar-refractivity contribution in [2.24, 2.45) is 0 Å². The molecule has 0 aliphatic heterocycles. The number of alkyl halides is 1. The van der Waals surface area contributed by atoms with Crippen LogP contribution in [0.5, 0.6) is 0 Å². The number of esters is 1. The Labute approximate surface area is 111 Å². The van der Waals surface area contributed by atoms with Gasteiger partial charge in [0.05, 0.1) is 12.2 Å². The van der Waals surface area contributed by atoms with Crippen molar-refractivity contribution in [3.8, 4) is 0 Å². The molecule has 0 aromatic heterocycles. The van der Waals surface area contributed by atoms with Gasteiger partial charge < -0.3 is 4.74 Å². The van der Waals surface area contributed by atoms with Crippen LogP contribution in [-0.4, -0.2) is 17.9 Å². The van der Waals surface area contributed by atoms with Gasteiger partial charge in [-0.25, -0.2) is 4.79 Å². The van der Waals surface area contributed by atoms with E-state index in [2.05, 4.69) is 28.9 Å². The molecule has 0 amide bonds. The molecule has 1 aromatic rings. The van der Waals surface area contributed by atoms with E-state index in [1.54, 1.807) is 0 Å². The van der Waals surface area contributed by atoms with Crippen molar-refractivity contribution in [3.05, 3.63) is 34.9 Å². The van der Waals surface area contributed by atoms with Crippen LogP contribution >= 0.6 is 15.9 Å². The van der Waals surface area contributed by atoms with E-state index in [4.69, 9.17) is 4.74 Å². The fourth-order valence-electron chi connectivity index (χ4n) is 1.74. The summed E-state index contributed by atoms with van der Waals surface area (Å²) in [5.74, 6) is -0.209. The van der Waals surface area contributed by atoms with Gasteiger partial charge in [-0.05, 0) is 43.4 Å². The minimum Gasteiger partial charge on any atom is -0.462 e. The van der Waals surface area contributed by atoms with E-state index < -0.39 is 0 Å². The molecular formula is C14H19BrO2. The third kappa shape index (κ3) is 4.15. The minimum absolute atomic E-state index is 0.209. The zero-order valence-electron chi connectivity index (χ0n) is 10.5. The van der Waals surface area contributed by atoms with Crippen molar-refractivity contribution in [2.75, 3.05) is 11.9 Å². The SMILES string of the molecule is CCOC(=O)c1ccc(CC)cc1CCCBr. The summed E-state index contributed by atoms with van der Waals surface area (Å²) < 4.78 is 5.07. The topological polar surface area (TPSA) is 26.3 Å². The summed E-state index contributed by atoms with van der Waals surface area (Å²) in [5.41, 5.74) is 3.08. The molecule has 3 heteroatoms. The molecule has 0 heterocycles. The predicted octanol–water partition coefficient (Wildman–Crippen LogP) is 3.75. The molecule has 0 N–H and O–H groups in total. The van der Waals surface area contributed by atoms with Crippen LogP contribution < -0.4 is 0 Å². The number of aryl methyl sites for hydroxylation is 2.